The number of aliphatic hydroxyl groups excluding tert-OH is 1. The van der Waals surface area contributed by atoms with Crippen molar-refractivity contribution in [1.29, 1.82) is 0 Å². The fourth-order valence-electron chi connectivity index (χ4n) is 2.11. The average Bonchev–Trinajstić information content (AvgIpc) is 2.50. The lowest BCUT2D eigenvalue weighted by atomic mass is 10.0. The second-order valence-electron chi connectivity index (χ2n) is 5.15. The number of hydrogen-bond donors (Lipinski definition) is 2. The van der Waals surface area contributed by atoms with Gasteiger partial charge in [0.1, 0.15) is 0 Å². The van der Waals surface area contributed by atoms with Gasteiger partial charge >= 0.3 is 0 Å². The summed E-state index contributed by atoms with van der Waals surface area (Å²) in [4.78, 5) is 0. The van der Waals surface area contributed by atoms with Gasteiger partial charge in [0.05, 0.1) is 12.4 Å². The van der Waals surface area contributed by atoms with Crippen molar-refractivity contribution >= 4 is 21.8 Å². The quantitative estimate of drug-likeness (QED) is 0.730. The van der Waals surface area contributed by atoms with E-state index in [2.05, 4.69) is 18.6 Å². The summed E-state index contributed by atoms with van der Waals surface area (Å²) in [6.45, 7) is 4.59. The van der Waals surface area contributed by atoms with Crippen LogP contribution < -0.4 is 4.72 Å². The van der Waals surface area contributed by atoms with Crippen molar-refractivity contribution in [3.05, 3.63) is 35.4 Å². The Morgan fingerprint density at radius 2 is 1.67 bits per heavy atom. The minimum absolute atomic E-state index is 0.0312. The predicted octanol–water partition coefficient (Wildman–Crippen LogP) is 2.52. The zero-order valence-electron chi connectivity index (χ0n) is 12.9. The number of thioether (sulfide) groups is 1. The zero-order chi connectivity index (χ0) is 15.9. The van der Waals surface area contributed by atoms with Crippen LogP contribution in [0.1, 0.15) is 37.8 Å². The van der Waals surface area contributed by atoms with Crippen LogP contribution in [-0.2, 0) is 22.4 Å². The lowest BCUT2D eigenvalue weighted by Crippen LogP contribution is -2.40. The Hall–Kier alpha value is -0.560. The molecule has 0 fully saturated rings. The maximum Gasteiger partial charge on any atom is 0.215 e. The third-order valence-corrected chi connectivity index (χ3v) is 6.78. The van der Waals surface area contributed by atoms with Crippen molar-refractivity contribution in [2.45, 2.75) is 43.8 Å². The van der Waals surface area contributed by atoms with Crippen molar-refractivity contribution in [1.82, 2.24) is 4.72 Å². The molecule has 120 valence electrons. The second-order valence-corrected chi connectivity index (χ2v) is 8.23. The van der Waals surface area contributed by atoms with Gasteiger partial charge in [-0.3, -0.25) is 0 Å². The highest BCUT2D eigenvalue weighted by molar-refractivity contribution is 8.00. The van der Waals surface area contributed by atoms with Gasteiger partial charge in [-0.2, -0.15) is 11.8 Å². The summed E-state index contributed by atoms with van der Waals surface area (Å²) in [6.07, 6.45) is 3.88. The van der Waals surface area contributed by atoms with Crippen LogP contribution in [0.4, 0.5) is 0 Å². The fourth-order valence-corrected chi connectivity index (χ4v) is 4.23. The molecule has 0 heterocycles. The van der Waals surface area contributed by atoms with E-state index in [9.17, 15) is 8.42 Å². The number of sulfonamides is 1. The van der Waals surface area contributed by atoms with Crippen LogP contribution in [-0.4, -0.2) is 31.1 Å². The van der Waals surface area contributed by atoms with E-state index in [0.29, 0.717) is 6.54 Å². The molecule has 4 nitrogen and oxygen atoms in total. The molecule has 0 atom stereocenters. The van der Waals surface area contributed by atoms with E-state index >= 15 is 0 Å². The number of benzene rings is 1. The molecule has 0 aliphatic heterocycles. The normalized spacial score (nSPS) is 12.6. The lowest BCUT2D eigenvalue weighted by Gasteiger charge is -2.29. The van der Waals surface area contributed by atoms with Crippen LogP contribution in [0.2, 0.25) is 0 Å². The topological polar surface area (TPSA) is 66.4 Å². The van der Waals surface area contributed by atoms with E-state index in [1.54, 1.807) is 36.0 Å². The molecule has 0 saturated carbocycles. The van der Waals surface area contributed by atoms with Gasteiger partial charge in [-0.1, -0.05) is 38.1 Å². The van der Waals surface area contributed by atoms with Gasteiger partial charge in [0.2, 0.25) is 10.0 Å². The summed E-state index contributed by atoms with van der Waals surface area (Å²) in [5.41, 5.74) is 1.50. The molecule has 6 heteroatoms. The van der Waals surface area contributed by atoms with Crippen LogP contribution in [0.25, 0.3) is 0 Å². The summed E-state index contributed by atoms with van der Waals surface area (Å²) in [5, 5.41) is 8.98. The third-order valence-electron chi connectivity index (χ3n) is 3.90. The SMILES string of the molecule is CCC(CC)(CNS(=O)(=O)Cc1ccc(CO)cc1)SC. The number of aliphatic hydroxyl groups is 1. The average molecular weight is 332 g/mol. The van der Waals surface area contributed by atoms with Gasteiger partial charge in [0.25, 0.3) is 0 Å². The monoisotopic (exact) mass is 331 g/mol. The van der Waals surface area contributed by atoms with Gasteiger partial charge in [0, 0.05) is 11.3 Å². The Morgan fingerprint density at radius 1 is 1.14 bits per heavy atom. The van der Waals surface area contributed by atoms with Gasteiger partial charge < -0.3 is 5.11 Å². The van der Waals surface area contributed by atoms with Crippen LogP contribution >= 0.6 is 11.8 Å². The molecule has 0 bridgehead atoms. The molecular weight excluding hydrogens is 306 g/mol. The molecule has 1 rings (SSSR count). The smallest absolute Gasteiger partial charge is 0.215 e. The first-order valence-electron chi connectivity index (χ1n) is 7.11. The highest BCUT2D eigenvalue weighted by Gasteiger charge is 2.26. The van der Waals surface area contributed by atoms with Crippen molar-refractivity contribution < 1.29 is 13.5 Å². The molecular formula is C15H25NO3S2. The van der Waals surface area contributed by atoms with E-state index in [0.717, 1.165) is 24.0 Å². The van der Waals surface area contributed by atoms with Crippen molar-refractivity contribution in [3.8, 4) is 0 Å². The number of hydrogen-bond acceptors (Lipinski definition) is 4. The highest BCUT2D eigenvalue weighted by atomic mass is 32.2. The maximum atomic E-state index is 12.2. The molecule has 0 aliphatic carbocycles. The van der Waals surface area contributed by atoms with E-state index in [-0.39, 0.29) is 17.1 Å². The third kappa shape index (κ3) is 5.62. The zero-order valence-corrected chi connectivity index (χ0v) is 14.6. The predicted molar refractivity (Wildman–Crippen MR) is 89.8 cm³/mol. The standard InChI is InChI=1S/C15H25NO3S2/c1-4-15(5-2,20-3)12-16-21(18,19)11-14-8-6-13(10-17)7-9-14/h6-9,16-17H,4-5,10-12H2,1-3H3. The van der Waals surface area contributed by atoms with E-state index in [1.165, 1.54) is 0 Å². The van der Waals surface area contributed by atoms with Crippen LogP contribution in [0.15, 0.2) is 24.3 Å². The first kappa shape index (κ1) is 18.5. The molecule has 0 radical (unpaired) electrons. The van der Waals surface area contributed by atoms with Crippen molar-refractivity contribution in [2.24, 2.45) is 0 Å². The molecule has 0 spiro atoms. The van der Waals surface area contributed by atoms with Crippen LogP contribution in [0, 0.1) is 0 Å². The Balaban J connectivity index is 2.68. The van der Waals surface area contributed by atoms with Gasteiger partial charge in [0.15, 0.2) is 0 Å². The Kier molecular flexibility index (Phi) is 7.20. The van der Waals surface area contributed by atoms with E-state index in [4.69, 9.17) is 5.11 Å². The van der Waals surface area contributed by atoms with Gasteiger partial charge in [-0.25, -0.2) is 13.1 Å². The van der Waals surface area contributed by atoms with Crippen molar-refractivity contribution in [3.63, 3.8) is 0 Å². The van der Waals surface area contributed by atoms with E-state index < -0.39 is 10.0 Å². The van der Waals surface area contributed by atoms with Gasteiger partial charge in [-0.05, 0) is 30.2 Å². The molecule has 0 aromatic heterocycles. The first-order chi connectivity index (χ1) is 9.90. The number of rotatable bonds is 9. The maximum absolute atomic E-state index is 12.2. The molecule has 0 aliphatic rings. The highest BCUT2D eigenvalue weighted by Crippen LogP contribution is 2.29. The molecule has 21 heavy (non-hydrogen) atoms. The molecule has 1 aromatic rings. The molecule has 1 aromatic carbocycles. The number of nitrogens with one attached hydrogen (secondary N) is 1. The van der Waals surface area contributed by atoms with Crippen LogP contribution in [0.3, 0.4) is 0 Å². The van der Waals surface area contributed by atoms with Crippen LogP contribution in [0.5, 0.6) is 0 Å². The second kappa shape index (κ2) is 8.17. The van der Waals surface area contributed by atoms with Gasteiger partial charge in [-0.15, -0.1) is 0 Å². The fraction of sp³-hybridized carbons (Fsp3) is 0.600. The Labute approximate surface area is 132 Å². The largest absolute Gasteiger partial charge is 0.392 e. The molecule has 0 unspecified atom stereocenters. The lowest BCUT2D eigenvalue weighted by molar-refractivity contribution is 0.282. The summed E-state index contributed by atoms with van der Waals surface area (Å²) >= 11 is 1.71. The van der Waals surface area contributed by atoms with Crippen molar-refractivity contribution in [2.75, 3.05) is 12.8 Å². The minimum Gasteiger partial charge on any atom is -0.392 e. The first-order valence-corrected chi connectivity index (χ1v) is 9.99. The summed E-state index contributed by atoms with van der Waals surface area (Å²) in [5.74, 6) is -0.0312. The summed E-state index contributed by atoms with van der Waals surface area (Å²) in [6, 6.07) is 6.97. The van der Waals surface area contributed by atoms with E-state index in [1.807, 2.05) is 6.26 Å². The molecule has 2 N–H and O–H groups in total. The summed E-state index contributed by atoms with van der Waals surface area (Å²) < 4.78 is 27.1. The molecule has 0 saturated heterocycles. The Morgan fingerprint density at radius 3 is 2.10 bits per heavy atom. The Bertz CT molecular complexity index is 514. The molecule has 0 amide bonds. The summed E-state index contributed by atoms with van der Waals surface area (Å²) in [7, 11) is -3.34. The minimum atomic E-state index is -3.34.